The first-order valence-corrected chi connectivity index (χ1v) is 22.8. The van der Waals surface area contributed by atoms with Crippen molar-refractivity contribution in [2.24, 2.45) is 38.7 Å². The number of nitrogens with two attached hydrogens (primary N) is 5. The number of carboxylic acid groups (broad SMARTS) is 2. The summed E-state index contributed by atoms with van der Waals surface area (Å²) in [5.74, 6) is -7.07. The van der Waals surface area contributed by atoms with Crippen molar-refractivity contribution in [3.8, 4) is 0 Å². The number of unbranched alkanes of at least 4 members (excludes halogenated alkanes) is 18. The second-order valence-electron chi connectivity index (χ2n) is 15.7. The number of nitrogens with zero attached hydrogens (tertiary/aromatic N) is 2. The van der Waals surface area contributed by atoms with Gasteiger partial charge in [0.2, 0.25) is 23.6 Å². The van der Waals surface area contributed by atoms with Crippen LogP contribution in [0, 0.1) is 0 Å². The van der Waals surface area contributed by atoms with Crippen LogP contribution in [0.25, 0.3) is 0 Å². The minimum atomic E-state index is -5.08. The van der Waals surface area contributed by atoms with Gasteiger partial charge < -0.3 is 54.8 Å². The fraction of sp³-hybridized carbons (Fsp3) is 0.810. The molecule has 4 amide bonds. The van der Waals surface area contributed by atoms with Crippen molar-refractivity contribution in [1.29, 1.82) is 0 Å². The Hall–Kier alpha value is -5.06. The van der Waals surface area contributed by atoms with Crippen LogP contribution < -0.4 is 44.6 Å². The second-order valence-corrected chi connectivity index (χ2v) is 15.7. The van der Waals surface area contributed by atoms with Crippen LogP contribution >= 0.6 is 0 Å². The van der Waals surface area contributed by atoms with E-state index in [4.69, 9.17) is 48.5 Å². The standard InChI is InChI=1S/C38H76N10O4.2C2HF3O2/c1-2-3-4-5-6-7-8-9-10-11-12-13-14-15-16-17-19-26-33(49)44-28-21-18-20-27-34(50)47-32(25-23-30-46-38(42)43)36(52)48-31(35(39)51)24-22-29-45-37(40)41;2*3-2(4,5)1(6)7/h31-32H,2-30H2,1H3,(H2,39,51)(H,44,49)(H,47,50)(H,48,52)(H4,40,41,45)(H4,42,43,46);2*(H,6,7)/t31-,32-;;/m0../s1. The molecule has 15 N–H and O–H groups in total. The normalized spacial score (nSPS) is 11.9. The summed E-state index contributed by atoms with van der Waals surface area (Å²) in [4.78, 5) is 75.5. The van der Waals surface area contributed by atoms with Gasteiger partial charge in [-0.1, -0.05) is 116 Å². The van der Waals surface area contributed by atoms with Gasteiger partial charge in [-0.2, -0.15) is 26.3 Å². The molecule has 0 fully saturated rings. The molecule has 2 atom stereocenters. The number of nitrogens with one attached hydrogen (secondary N) is 3. The van der Waals surface area contributed by atoms with Crippen LogP contribution in [-0.2, 0) is 28.8 Å². The minimum absolute atomic E-state index is 0.0637. The van der Waals surface area contributed by atoms with Crippen molar-refractivity contribution in [1.82, 2.24) is 16.0 Å². The predicted octanol–water partition coefficient (Wildman–Crippen LogP) is 5.53. The highest BCUT2D eigenvalue weighted by Gasteiger charge is 2.39. The summed E-state index contributed by atoms with van der Waals surface area (Å²) in [5.41, 5.74) is 26.9. The largest absolute Gasteiger partial charge is 0.490 e. The third-order valence-corrected chi connectivity index (χ3v) is 9.60. The Morgan fingerprint density at radius 1 is 0.485 bits per heavy atom. The summed E-state index contributed by atoms with van der Waals surface area (Å²) < 4.78 is 63.5. The average Bonchev–Trinajstić information content (AvgIpc) is 3.21. The first kappa shape index (κ1) is 65.2. The first-order chi connectivity index (χ1) is 30.9. The Bertz CT molecular complexity index is 1370. The van der Waals surface area contributed by atoms with Crippen LogP contribution in [0.1, 0.15) is 174 Å². The van der Waals surface area contributed by atoms with E-state index in [1.165, 1.54) is 96.3 Å². The molecule has 0 aromatic heterocycles. The minimum Gasteiger partial charge on any atom is -0.475 e. The van der Waals surface area contributed by atoms with Gasteiger partial charge in [0.15, 0.2) is 11.9 Å². The van der Waals surface area contributed by atoms with Gasteiger partial charge in [-0.15, -0.1) is 0 Å². The van der Waals surface area contributed by atoms with Crippen LogP contribution in [-0.4, -0.2) is 102 Å². The smallest absolute Gasteiger partial charge is 0.475 e. The van der Waals surface area contributed by atoms with Crippen molar-refractivity contribution >= 4 is 47.5 Å². The lowest BCUT2D eigenvalue weighted by Gasteiger charge is -2.22. The molecule has 0 heterocycles. The summed E-state index contributed by atoms with van der Waals surface area (Å²) in [5, 5.41) is 22.6. The van der Waals surface area contributed by atoms with Crippen LogP contribution in [0.5, 0.6) is 0 Å². The maximum atomic E-state index is 13.1. The van der Waals surface area contributed by atoms with Gasteiger partial charge in [-0.3, -0.25) is 29.2 Å². The third-order valence-electron chi connectivity index (χ3n) is 9.60. The van der Waals surface area contributed by atoms with Crippen molar-refractivity contribution in [2.75, 3.05) is 19.6 Å². The lowest BCUT2D eigenvalue weighted by atomic mass is 10.0. The molecule has 0 aliphatic carbocycles. The Labute approximate surface area is 384 Å². The maximum absolute atomic E-state index is 13.1. The number of aliphatic imine (C=N–C) groups is 2. The molecule has 0 saturated carbocycles. The van der Waals surface area contributed by atoms with E-state index in [1.54, 1.807) is 0 Å². The van der Waals surface area contributed by atoms with Gasteiger partial charge in [-0.05, 0) is 44.9 Å². The van der Waals surface area contributed by atoms with Gasteiger partial charge in [0.1, 0.15) is 12.1 Å². The Morgan fingerprint density at radius 3 is 1.17 bits per heavy atom. The number of alkyl halides is 6. The average molecular weight is 965 g/mol. The summed E-state index contributed by atoms with van der Waals surface area (Å²) in [6.45, 7) is 3.41. The number of hydrogen-bond acceptors (Lipinski definition) is 8. The molecule has 0 unspecified atom stereocenters. The number of carbonyl (C=O) groups is 6. The zero-order valence-electron chi connectivity index (χ0n) is 38.6. The maximum Gasteiger partial charge on any atom is 0.490 e. The number of carboxylic acids is 2. The third kappa shape index (κ3) is 46.9. The van der Waals surface area contributed by atoms with E-state index in [2.05, 4.69) is 32.9 Å². The zero-order chi connectivity index (χ0) is 50.8. The number of carbonyl (C=O) groups excluding carboxylic acids is 4. The van der Waals surface area contributed by atoms with E-state index in [1.807, 2.05) is 0 Å². The highest BCUT2D eigenvalue weighted by molar-refractivity contribution is 5.91. The van der Waals surface area contributed by atoms with Crippen LogP contribution in [0.4, 0.5) is 26.3 Å². The number of aliphatic carboxylic acids is 2. The lowest BCUT2D eigenvalue weighted by Crippen LogP contribution is -2.53. The lowest BCUT2D eigenvalue weighted by molar-refractivity contribution is -0.193. The van der Waals surface area contributed by atoms with Crippen LogP contribution in [0.15, 0.2) is 9.98 Å². The van der Waals surface area contributed by atoms with Crippen LogP contribution in [0.3, 0.4) is 0 Å². The second kappa shape index (κ2) is 41.4. The highest BCUT2D eigenvalue weighted by Crippen LogP contribution is 2.16. The van der Waals surface area contributed by atoms with Gasteiger partial charge in [0, 0.05) is 32.5 Å². The quantitative estimate of drug-likeness (QED) is 0.0160. The van der Waals surface area contributed by atoms with Gasteiger partial charge in [0.05, 0.1) is 0 Å². The molecule has 0 aromatic carbocycles. The molecular weight excluding hydrogens is 887 g/mol. The molecule has 66 heavy (non-hydrogen) atoms. The molecule has 0 aliphatic heterocycles. The fourth-order valence-corrected chi connectivity index (χ4v) is 6.01. The molecular formula is C42H78F6N10O8. The van der Waals surface area contributed by atoms with Crippen molar-refractivity contribution < 1.29 is 65.3 Å². The van der Waals surface area contributed by atoms with Gasteiger partial charge in [-0.25, -0.2) is 9.59 Å². The summed E-state index contributed by atoms with van der Waals surface area (Å²) in [7, 11) is 0. The van der Waals surface area contributed by atoms with E-state index >= 15 is 0 Å². The Morgan fingerprint density at radius 2 is 0.818 bits per heavy atom. The predicted molar refractivity (Wildman–Crippen MR) is 241 cm³/mol. The van der Waals surface area contributed by atoms with Gasteiger partial charge >= 0.3 is 24.3 Å². The molecule has 0 radical (unpaired) electrons. The van der Waals surface area contributed by atoms with E-state index in [0.717, 1.165) is 25.7 Å². The van der Waals surface area contributed by atoms with E-state index < -0.39 is 48.2 Å². The summed E-state index contributed by atoms with van der Waals surface area (Å²) in [6.07, 6.45) is 16.5. The first-order valence-electron chi connectivity index (χ1n) is 22.8. The number of amides is 4. The molecule has 386 valence electrons. The Balaban J connectivity index is -0.00000242. The molecule has 24 heteroatoms. The van der Waals surface area contributed by atoms with Crippen LogP contribution in [0.2, 0.25) is 0 Å². The monoisotopic (exact) mass is 965 g/mol. The summed E-state index contributed by atoms with van der Waals surface area (Å²) in [6, 6.07) is -1.84. The number of primary amides is 1. The molecule has 0 rings (SSSR count). The van der Waals surface area contributed by atoms with E-state index in [-0.39, 0.29) is 56.1 Å². The number of rotatable bonds is 36. The Kier molecular flexibility index (Phi) is 40.9. The van der Waals surface area contributed by atoms with Crippen molar-refractivity contribution in [3.05, 3.63) is 0 Å². The molecule has 0 aliphatic rings. The number of hydrogen-bond donors (Lipinski definition) is 10. The highest BCUT2D eigenvalue weighted by atomic mass is 19.4. The molecule has 0 saturated heterocycles. The number of halogens is 6. The van der Waals surface area contributed by atoms with E-state index in [9.17, 15) is 45.5 Å². The van der Waals surface area contributed by atoms with Gasteiger partial charge in [0.25, 0.3) is 0 Å². The fourth-order valence-electron chi connectivity index (χ4n) is 6.01. The molecule has 18 nitrogen and oxygen atoms in total. The SMILES string of the molecule is CCCCCCCCCCCCCCCCCCCC(=O)NCCCCCC(=O)N[C@@H](CCCN=C(N)N)C(=O)N[C@@H](CCCN=C(N)N)C(N)=O.O=C(O)C(F)(F)F.O=C(O)C(F)(F)F. The molecule has 0 spiro atoms. The van der Waals surface area contributed by atoms with E-state index in [0.29, 0.717) is 32.2 Å². The molecule has 0 aromatic rings. The van der Waals surface area contributed by atoms with Crippen molar-refractivity contribution in [2.45, 2.75) is 198 Å². The number of guanidine groups is 2. The summed E-state index contributed by atoms with van der Waals surface area (Å²) >= 11 is 0. The molecule has 0 bridgehead atoms. The zero-order valence-corrected chi connectivity index (χ0v) is 38.6. The topological polar surface area (TPSA) is 334 Å². The van der Waals surface area contributed by atoms with Crippen molar-refractivity contribution in [3.63, 3.8) is 0 Å².